The van der Waals surface area contributed by atoms with Gasteiger partial charge in [0, 0.05) is 5.23 Å². The van der Waals surface area contributed by atoms with Crippen molar-refractivity contribution in [3.8, 4) is 0 Å². The summed E-state index contributed by atoms with van der Waals surface area (Å²) < 4.78 is 6.77. The van der Waals surface area contributed by atoms with Crippen LogP contribution in [-0.4, -0.2) is 52.9 Å². The Morgan fingerprint density at radius 1 is 1.33 bits per heavy atom. The molecule has 0 aromatic rings. The van der Waals surface area contributed by atoms with Gasteiger partial charge in [-0.2, -0.15) is 9.68 Å². The molecule has 0 N–H and O–H groups in total. The smallest absolute Gasteiger partial charge is 0.385 e. The molecule has 0 heterocycles. The summed E-state index contributed by atoms with van der Waals surface area (Å²) in [7, 11) is 8.06. The summed E-state index contributed by atoms with van der Waals surface area (Å²) in [6.07, 6.45) is 0.999. The van der Waals surface area contributed by atoms with Crippen LogP contribution in [0.4, 0.5) is 0 Å². The molecule has 0 rings (SSSR count). The molecule has 0 saturated carbocycles. The molecule has 3 radical (unpaired) electrons. The Morgan fingerprint density at radius 2 is 1.87 bits per heavy atom. The van der Waals surface area contributed by atoms with Gasteiger partial charge in [0.25, 0.3) is 0 Å². The first-order valence-electron chi connectivity index (χ1n) is 4.15. The van der Waals surface area contributed by atoms with Crippen molar-refractivity contribution in [2.75, 3.05) is 27.9 Å². The van der Waals surface area contributed by atoms with Crippen LogP contribution in [0, 0.1) is 0 Å². The maximum atomic E-state index is 4.98. The third-order valence-electron chi connectivity index (χ3n) is 1.32. The standard InChI is InChI=1S/C7H16N2O3SSi.ClH/c1-5-6-8(14)7(13-12-4)9(10-2)11-3;/h5-6H2,1-4H3;1H/q+1;/p-1. The third kappa shape index (κ3) is 6.39. The van der Waals surface area contributed by atoms with Crippen LogP contribution in [0.3, 0.4) is 0 Å². The topological polar surface area (TPSA) is 33.9 Å². The van der Waals surface area contributed by atoms with Gasteiger partial charge in [-0.15, -0.1) is 0 Å². The molecule has 0 unspecified atom stereocenters. The molecule has 0 fully saturated rings. The van der Waals surface area contributed by atoms with Crippen LogP contribution in [0.5, 0.6) is 0 Å². The first-order chi connectivity index (χ1) is 6.71. The number of amidine groups is 1. The van der Waals surface area contributed by atoms with Gasteiger partial charge in [0.15, 0.2) is 0 Å². The highest BCUT2D eigenvalue weighted by Gasteiger charge is 2.24. The lowest BCUT2D eigenvalue weighted by Crippen LogP contribution is -3.00. The fraction of sp³-hybridized carbons (Fsp3) is 0.857. The minimum Gasteiger partial charge on any atom is -1.00 e. The van der Waals surface area contributed by atoms with Crippen LogP contribution >= 0.6 is 12.0 Å². The molecular weight excluding hydrogens is 256 g/mol. The Labute approximate surface area is 105 Å². The molecule has 0 saturated heterocycles. The molecule has 5 nitrogen and oxygen atoms in total. The van der Waals surface area contributed by atoms with E-state index in [0.717, 1.165) is 25.0 Å². The molecule has 89 valence electrons. The Hall–Kier alpha value is 0.207. The number of halogens is 1. The molecule has 15 heavy (non-hydrogen) atoms. The van der Waals surface area contributed by atoms with Gasteiger partial charge in [-0.25, -0.2) is 0 Å². The average Bonchev–Trinajstić information content (AvgIpc) is 2.18. The van der Waals surface area contributed by atoms with E-state index in [1.54, 1.807) is 11.4 Å². The Balaban J connectivity index is 0. The fourth-order valence-corrected chi connectivity index (χ4v) is 1.76. The summed E-state index contributed by atoms with van der Waals surface area (Å²) in [4.78, 5) is 9.96. The third-order valence-corrected chi connectivity index (χ3v) is 2.61. The van der Waals surface area contributed by atoms with E-state index in [-0.39, 0.29) is 12.4 Å². The fourth-order valence-electron chi connectivity index (χ4n) is 0.798. The molecule has 0 bridgehead atoms. The molecule has 0 atom stereocenters. The number of hydrogen-bond donors (Lipinski definition) is 0. The van der Waals surface area contributed by atoms with E-state index in [4.69, 9.17) is 13.9 Å². The predicted octanol–water partition coefficient (Wildman–Crippen LogP) is -2.43. The minimum atomic E-state index is 0. The average molecular weight is 272 g/mol. The van der Waals surface area contributed by atoms with E-state index in [2.05, 4.69) is 17.3 Å². The van der Waals surface area contributed by atoms with Crippen molar-refractivity contribution in [2.45, 2.75) is 13.3 Å². The van der Waals surface area contributed by atoms with E-state index in [9.17, 15) is 0 Å². The van der Waals surface area contributed by atoms with Gasteiger partial charge >= 0.3 is 15.6 Å². The van der Waals surface area contributed by atoms with E-state index in [0.29, 0.717) is 5.17 Å². The van der Waals surface area contributed by atoms with Crippen molar-refractivity contribution < 1.29 is 30.5 Å². The van der Waals surface area contributed by atoms with Gasteiger partial charge in [0.2, 0.25) is 0 Å². The summed E-state index contributed by atoms with van der Waals surface area (Å²) in [6.45, 7) is 2.90. The SMILES string of the molecule is CCC/[N+]([Si])=C(/SOC)N(OC)OC.[Cl-]. The highest BCUT2D eigenvalue weighted by molar-refractivity contribution is 8.09. The van der Waals surface area contributed by atoms with Crippen LogP contribution in [0.25, 0.3) is 0 Å². The lowest BCUT2D eigenvalue weighted by molar-refractivity contribution is -0.407. The number of hydrogen-bond acceptors (Lipinski definition) is 4. The van der Waals surface area contributed by atoms with Crippen molar-refractivity contribution in [3.63, 3.8) is 0 Å². The highest BCUT2D eigenvalue weighted by Crippen LogP contribution is 2.09. The van der Waals surface area contributed by atoms with Crippen molar-refractivity contribution in [1.29, 1.82) is 0 Å². The number of nitrogens with zero attached hydrogens (tertiary/aromatic N) is 2. The van der Waals surface area contributed by atoms with Gasteiger partial charge < -0.3 is 16.6 Å². The van der Waals surface area contributed by atoms with Crippen molar-refractivity contribution in [1.82, 2.24) is 5.23 Å². The molecule has 0 spiro atoms. The van der Waals surface area contributed by atoms with E-state index in [1.807, 2.05) is 0 Å². The molecule has 0 amide bonds. The van der Waals surface area contributed by atoms with Gasteiger partial charge in [-0.05, 0) is 6.42 Å². The molecule has 0 aliphatic heterocycles. The summed E-state index contributed by atoms with van der Waals surface area (Å²) in [6, 6.07) is 0. The molecule has 0 aliphatic rings. The van der Waals surface area contributed by atoms with Crippen LogP contribution in [0.2, 0.25) is 0 Å². The predicted molar refractivity (Wildman–Crippen MR) is 56.6 cm³/mol. The first kappa shape index (κ1) is 17.6. The Morgan fingerprint density at radius 3 is 2.20 bits per heavy atom. The number of rotatable bonds is 5. The molecule has 0 aliphatic carbocycles. The summed E-state index contributed by atoms with van der Waals surface area (Å²) in [5.41, 5.74) is 0. The summed E-state index contributed by atoms with van der Waals surface area (Å²) in [5.74, 6) is 0. The monoisotopic (exact) mass is 271 g/mol. The second-order valence-electron chi connectivity index (χ2n) is 2.31. The molecule has 0 aromatic carbocycles. The molecule has 8 heteroatoms. The van der Waals surface area contributed by atoms with Crippen LogP contribution in [0.1, 0.15) is 13.3 Å². The number of hydroxylamine groups is 2. The van der Waals surface area contributed by atoms with Crippen LogP contribution in [0.15, 0.2) is 0 Å². The zero-order valence-electron chi connectivity index (χ0n) is 9.32. The van der Waals surface area contributed by atoms with E-state index >= 15 is 0 Å². The normalized spacial score (nSPS) is 11.8. The maximum absolute atomic E-state index is 4.98. The van der Waals surface area contributed by atoms with Crippen molar-refractivity contribution >= 4 is 27.6 Å². The van der Waals surface area contributed by atoms with Crippen molar-refractivity contribution in [2.24, 2.45) is 0 Å². The Bertz CT molecular complexity index is 193. The lowest BCUT2D eigenvalue weighted by Gasteiger charge is -2.12. The summed E-state index contributed by atoms with van der Waals surface area (Å²) in [5, 5.41) is 1.94. The van der Waals surface area contributed by atoms with Gasteiger partial charge in [-0.3, -0.25) is 4.24 Å². The van der Waals surface area contributed by atoms with Gasteiger partial charge in [0.05, 0.1) is 27.9 Å². The minimum absolute atomic E-state index is 0. The quantitative estimate of drug-likeness (QED) is 0.183. The lowest BCUT2D eigenvalue weighted by atomic mass is 10.5. The first-order valence-corrected chi connectivity index (χ1v) is 5.34. The van der Waals surface area contributed by atoms with E-state index < -0.39 is 0 Å². The van der Waals surface area contributed by atoms with Gasteiger partial charge in [-0.1, -0.05) is 6.92 Å². The zero-order valence-corrected chi connectivity index (χ0v) is 11.9. The van der Waals surface area contributed by atoms with Crippen LogP contribution in [-0.2, 0) is 13.9 Å². The van der Waals surface area contributed by atoms with E-state index in [1.165, 1.54) is 19.4 Å². The highest BCUT2D eigenvalue weighted by atomic mass is 35.5. The van der Waals surface area contributed by atoms with Crippen LogP contribution < -0.4 is 12.4 Å². The summed E-state index contributed by atoms with van der Waals surface area (Å²) >= 11 is 1.15. The Kier molecular flexibility index (Phi) is 12.6. The largest absolute Gasteiger partial charge is 1.00 e. The van der Waals surface area contributed by atoms with Crippen molar-refractivity contribution in [3.05, 3.63) is 0 Å². The second kappa shape index (κ2) is 10.7. The van der Waals surface area contributed by atoms with Gasteiger partial charge in [0.1, 0.15) is 12.0 Å². The zero-order chi connectivity index (χ0) is 11.0. The molecule has 0 aromatic heterocycles. The molecular formula is C7H16ClN2O3SSi. The second-order valence-corrected chi connectivity index (χ2v) is 3.71. The maximum Gasteiger partial charge on any atom is 0.385 e.